The van der Waals surface area contributed by atoms with Crippen LogP contribution >= 0.6 is 0 Å². The first kappa shape index (κ1) is 26.7. The summed E-state index contributed by atoms with van der Waals surface area (Å²) in [6, 6.07) is 0. The Morgan fingerprint density at radius 1 is 0.556 bits per heavy atom. The fourth-order valence-corrected chi connectivity index (χ4v) is 6.17. The monoisotopic (exact) mass is 422 g/mol. The van der Waals surface area contributed by atoms with E-state index in [2.05, 4.69) is 11.5 Å². The second-order valence-electron chi connectivity index (χ2n) is 5.26. The first-order chi connectivity index (χ1) is 13.1. The van der Waals surface area contributed by atoms with E-state index < -0.39 is 17.9 Å². The molecule has 0 amide bonds. The van der Waals surface area contributed by atoms with Crippen molar-refractivity contribution in [3.63, 3.8) is 0 Å². The van der Waals surface area contributed by atoms with E-state index >= 15 is 0 Å². The fourth-order valence-electron chi connectivity index (χ4n) is 2.27. The summed E-state index contributed by atoms with van der Waals surface area (Å²) in [5, 5.41) is 0. The van der Waals surface area contributed by atoms with Crippen molar-refractivity contribution in [2.75, 3.05) is 46.2 Å². The van der Waals surface area contributed by atoms with Crippen LogP contribution < -0.4 is 0 Å². The van der Waals surface area contributed by atoms with Crippen LogP contribution in [0.25, 0.3) is 0 Å². The Labute approximate surface area is 167 Å². The van der Waals surface area contributed by atoms with E-state index in [1.54, 1.807) is 0 Å². The molecule has 0 aliphatic rings. The molecule has 0 aliphatic heterocycles. The maximum atomic E-state index is 5.87. The zero-order valence-corrected chi connectivity index (χ0v) is 19.9. The summed E-state index contributed by atoms with van der Waals surface area (Å²) in [5.41, 5.74) is 3.12. The van der Waals surface area contributed by atoms with Crippen LogP contribution in [0, 0.1) is 11.5 Å². The lowest BCUT2D eigenvalue weighted by Gasteiger charge is -2.26. The minimum Gasteiger partial charge on any atom is -0.364 e. The van der Waals surface area contributed by atoms with Gasteiger partial charge in [0, 0.05) is 52.7 Å². The standard InChI is InChI=1S/C18H38O7Si2/c1-7-19-26(20-8-2,21-9-3)18-16-14-13-15-17-25-27(22-10-4,23-11-5)24-12-6/h7-15,17H2,1-6H3. The van der Waals surface area contributed by atoms with E-state index in [1.807, 2.05) is 41.5 Å². The first-order valence-electron chi connectivity index (χ1n) is 10.0. The molecular weight excluding hydrogens is 384 g/mol. The lowest BCUT2D eigenvalue weighted by atomic mass is 10.2. The average Bonchev–Trinajstić information content (AvgIpc) is 2.62. The highest BCUT2D eigenvalue weighted by Crippen LogP contribution is 2.13. The summed E-state index contributed by atoms with van der Waals surface area (Å²) >= 11 is 0. The van der Waals surface area contributed by atoms with Gasteiger partial charge in [-0.25, -0.2) is 0 Å². The molecule has 0 aromatic carbocycles. The molecule has 7 nitrogen and oxygen atoms in total. The summed E-state index contributed by atoms with van der Waals surface area (Å²) < 4.78 is 40.0. The third kappa shape index (κ3) is 11.3. The van der Waals surface area contributed by atoms with E-state index in [0.29, 0.717) is 46.2 Å². The van der Waals surface area contributed by atoms with E-state index in [9.17, 15) is 0 Å². The molecule has 0 aliphatic carbocycles. The van der Waals surface area contributed by atoms with Gasteiger partial charge in [0.05, 0.1) is 0 Å². The van der Waals surface area contributed by atoms with Gasteiger partial charge in [-0.2, -0.15) is 0 Å². The molecule has 0 rings (SSSR count). The van der Waals surface area contributed by atoms with Gasteiger partial charge in [0.25, 0.3) is 0 Å². The SMILES string of the molecule is CCO[Si](C#CCCCCO[Si](OCC)(OCC)OCC)(OCC)OCC. The Hall–Kier alpha value is -0.286. The minimum atomic E-state index is -3.02. The second-order valence-corrected chi connectivity index (χ2v) is 9.64. The molecule has 0 heterocycles. The summed E-state index contributed by atoms with van der Waals surface area (Å²) in [6.45, 7) is 15.0. The van der Waals surface area contributed by atoms with Gasteiger partial charge in [0.1, 0.15) is 0 Å². The van der Waals surface area contributed by atoms with Crippen LogP contribution in [0.2, 0.25) is 0 Å². The Balaban J connectivity index is 4.48. The molecule has 0 spiro atoms. The van der Waals surface area contributed by atoms with Crippen molar-refractivity contribution in [1.29, 1.82) is 0 Å². The molecule has 160 valence electrons. The summed E-state index contributed by atoms with van der Waals surface area (Å²) in [5.74, 6) is 3.15. The molecule has 0 saturated carbocycles. The van der Waals surface area contributed by atoms with E-state index in [-0.39, 0.29) is 0 Å². The zero-order chi connectivity index (χ0) is 20.4. The van der Waals surface area contributed by atoms with Crippen molar-refractivity contribution in [2.24, 2.45) is 0 Å². The Morgan fingerprint density at radius 3 is 1.41 bits per heavy atom. The lowest BCUT2D eigenvalue weighted by molar-refractivity contribution is -0.0279. The quantitative estimate of drug-likeness (QED) is 0.202. The fraction of sp³-hybridized carbons (Fsp3) is 0.889. The molecule has 0 aromatic rings. The maximum absolute atomic E-state index is 5.87. The van der Waals surface area contributed by atoms with Gasteiger partial charge in [-0.05, 0) is 59.9 Å². The van der Waals surface area contributed by atoms with Crippen molar-refractivity contribution in [1.82, 2.24) is 0 Å². The van der Waals surface area contributed by atoms with Gasteiger partial charge in [0.2, 0.25) is 0 Å². The smallest absolute Gasteiger partial charge is 0.364 e. The molecule has 27 heavy (non-hydrogen) atoms. The van der Waals surface area contributed by atoms with Crippen LogP contribution in [0.4, 0.5) is 0 Å². The molecule has 0 fully saturated rings. The minimum absolute atomic E-state index is 0.497. The van der Waals surface area contributed by atoms with Gasteiger partial charge in [-0.1, -0.05) is 0 Å². The second kappa shape index (κ2) is 16.6. The van der Waals surface area contributed by atoms with E-state index in [0.717, 1.165) is 19.3 Å². The Morgan fingerprint density at radius 2 is 1.00 bits per heavy atom. The molecule has 0 unspecified atom stereocenters. The lowest BCUT2D eigenvalue weighted by Crippen LogP contribution is -2.49. The summed E-state index contributed by atoms with van der Waals surface area (Å²) in [6.07, 6.45) is 2.44. The number of hydrogen-bond acceptors (Lipinski definition) is 7. The summed E-state index contributed by atoms with van der Waals surface area (Å²) in [7, 11) is -5.89. The van der Waals surface area contributed by atoms with Crippen molar-refractivity contribution in [3.05, 3.63) is 0 Å². The average molecular weight is 423 g/mol. The van der Waals surface area contributed by atoms with Crippen LogP contribution in [0.3, 0.4) is 0 Å². The van der Waals surface area contributed by atoms with Crippen LogP contribution in [0.15, 0.2) is 0 Å². The van der Waals surface area contributed by atoms with Crippen LogP contribution in [-0.4, -0.2) is 64.1 Å². The number of hydrogen-bond donors (Lipinski definition) is 0. The molecule has 0 N–H and O–H groups in total. The van der Waals surface area contributed by atoms with Gasteiger partial charge >= 0.3 is 17.9 Å². The molecule has 9 heteroatoms. The van der Waals surface area contributed by atoms with Gasteiger partial charge < -0.3 is 31.0 Å². The van der Waals surface area contributed by atoms with E-state index in [4.69, 9.17) is 31.0 Å². The van der Waals surface area contributed by atoms with Gasteiger partial charge in [0.15, 0.2) is 0 Å². The van der Waals surface area contributed by atoms with Crippen molar-refractivity contribution in [3.8, 4) is 11.5 Å². The maximum Gasteiger partial charge on any atom is 0.679 e. The third-order valence-corrected chi connectivity index (χ3v) is 8.16. The predicted octanol–water partition coefficient (Wildman–Crippen LogP) is 3.31. The van der Waals surface area contributed by atoms with Crippen molar-refractivity contribution >= 4 is 17.9 Å². The molecule has 0 radical (unpaired) electrons. The topological polar surface area (TPSA) is 64.6 Å². The van der Waals surface area contributed by atoms with Crippen LogP contribution in [0.5, 0.6) is 0 Å². The Kier molecular flexibility index (Phi) is 16.5. The molecule has 0 bridgehead atoms. The predicted molar refractivity (Wildman–Crippen MR) is 109 cm³/mol. The molecule has 0 atom stereocenters. The normalized spacial score (nSPS) is 12.1. The number of rotatable bonds is 17. The molecule has 0 aromatic heterocycles. The van der Waals surface area contributed by atoms with Crippen molar-refractivity contribution < 1.29 is 31.0 Å². The van der Waals surface area contributed by atoms with E-state index in [1.165, 1.54) is 0 Å². The summed E-state index contributed by atoms with van der Waals surface area (Å²) in [4.78, 5) is 0. The Bertz CT molecular complexity index is 378. The van der Waals surface area contributed by atoms with Crippen molar-refractivity contribution in [2.45, 2.75) is 60.8 Å². The highest BCUT2D eigenvalue weighted by atomic mass is 28.4. The highest BCUT2D eigenvalue weighted by Gasteiger charge is 2.44. The van der Waals surface area contributed by atoms with Crippen LogP contribution in [0.1, 0.15) is 60.8 Å². The highest BCUT2D eigenvalue weighted by molar-refractivity contribution is 6.69. The van der Waals surface area contributed by atoms with Gasteiger partial charge in [-0.15, -0.1) is 5.92 Å². The molecule has 0 saturated heterocycles. The molecular formula is C18H38O7Si2. The largest absolute Gasteiger partial charge is 0.679 e. The van der Waals surface area contributed by atoms with Gasteiger partial charge in [-0.3, -0.25) is 0 Å². The number of unbranched alkanes of at least 4 members (excludes halogenated alkanes) is 2. The zero-order valence-electron chi connectivity index (χ0n) is 17.9. The third-order valence-electron chi connectivity index (χ3n) is 3.18. The first-order valence-corrected chi connectivity index (χ1v) is 13.4. The van der Waals surface area contributed by atoms with Crippen LogP contribution in [-0.2, 0) is 31.0 Å².